The first kappa shape index (κ1) is 34.0. The van der Waals surface area contributed by atoms with E-state index in [0.717, 1.165) is 38.7 Å². The van der Waals surface area contributed by atoms with Crippen LogP contribution >= 0.6 is 15.9 Å². The summed E-state index contributed by atoms with van der Waals surface area (Å²) < 4.78 is 0. The molecule has 0 aliphatic carbocycles. The van der Waals surface area contributed by atoms with Crippen LogP contribution in [0.2, 0.25) is 0 Å². The number of H-pyrrole nitrogens is 1. The Labute approximate surface area is 248 Å². The summed E-state index contributed by atoms with van der Waals surface area (Å²) in [5.74, 6) is 0. The van der Waals surface area contributed by atoms with Gasteiger partial charge in [-0.1, -0.05) is 33.6 Å². The minimum atomic E-state index is -0.557. The van der Waals surface area contributed by atoms with Crippen LogP contribution in [0.5, 0.6) is 0 Å². The zero-order chi connectivity index (χ0) is 30.8. The number of alkyl halides is 1. The van der Waals surface area contributed by atoms with Gasteiger partial charge in [0.2, 0.25) is 0 Å². The van der Waals surface area contributed by atoms with Gasteiger partial charge in [-0.2, -0.15) is 15.6 Å². The van der Waals surface area contributed by atoms with Crippen molar-refractivity contribution in [3.8, 4) is 12.1 Å². The second-order valence-electron chi connectivity index (χ2n) is 11.6. The van der Waals surface area contributed by atoms with Gasteiger partial charge in [0.05, 0.1) is 23.0 Å². The summed E-state index contributed by atoms with van der Waals surface area (Å²) in [6.45, 7) is 31.7. The first-order valence-corrected chi connectivity index (χ1v) is 13.8. The Morgan fingerprint density at radius 3 is 1.55 bits per heavy atom. The molecule has 1 aromatic heterocycles. The van der Waals surface area contributed by atoms with Gasteiger partial charge in [-0.3, -0.25) is 5.10 Å². The Bertz CT molecular complexity index is 1330. The third-order valence-corrected chi connectivity index (χ3v) is 7.18. The van der Waals surface area contributed by atoms with Gasteiger partial charge in [0.25, 0.3) is 11.1 Å². The number of hydrogen-bond acceptors (Lipinski definition) is 4. The maximum absolute atomic E-state index is 9.24. The number of aromatic nitrogens is 3. The minimum Gasteiger partial charge on any atom is -0.306 e. The van der Waals surface area contributed by atoms with Crippen LogP contribution in [0.1, 0.15) is 88.8 Å². The van der Waals surface area contributed by atoms with Crippen molar-refractivity contribution in [1.29, 1.82) is 10.5 Å². The smallest absolute Gasteiger partial charge is 0.252 e. The predicted octanol–water partition coefficient (Wildman–Crippen LogP) is 8.29. The molecule has 8 heteroatoms. The number of benzene rings is 2. The third-order valence-electron chi connectivity index (χ3n) is 6.53. The number of aromatic amines is 1. The number of nitrogens with one attached hydrogen (secondary N) is 1. The third kappa shape index (κ3) is 9.34. The Morgan fingerprint density at radius 1 is 0.775 bits per heavy atom. The molecule has 0 radical (unpaired) electrons. The Kier molecular flexibility index (Phi) is 11.8. The monoisotopic (exact) mass is 599 g/mol. The van der Waals surface area contributed by atoms with Crippen molar-refractivity contribution in [2.75, 3.05) is 0 Å². The number of nitrogens with zero attached hydrogens (tertiary/aromatic N) is 6. The lowest BCUT2D eigenvalue weighted by Gasteiger charge is -2.20. The lowest BCUT2D eigenvalue weighted by Crippen LogP contribution is -2.18. The van der Waals surface area contributed by atoms with Gasteiger partial charge < -0.3 is 9.69 Å². The molecular formula is C32H38BrN7. The summed E-state index contributed by atoms with van der Waals surface area (Å²) >= 11 is 3.44. The second-order valence-corrected chi connectivity index (χ2v) is 12.2. The van der Waals surface area contributed by atoms with Crippen molar-refractivity contribution >= 4 is 15.9 Å². The molecule has 0 amide bonds. The molecule has 0 fully saturated rings. The summed E-state index contributed by atoms with van der Waals surface area (Å²) in [5.41, 5.74) is 3.94. The highest BCUT2D eigenvalue weighted by atomic mass is 79.9. The van der Waals surface area contributed by atoms with Crippen molar-refractivity contribution in [3.63, 3.8) is 0 Å². The standard InChI is InChI=1S/C15H17BrN2.C15H18N2.C2H3N3/c1-14(2,10-17)12-6-11(9-16)7-13(8-12)15(3,4)18-5;1-11-7-12(14(2,3)10-16)9-13(8-11)15(4,5)17-6;1-3-2-5-4-1/h6-8H,9H2,1-4H3;7-9H,1-5H3;1-2H,(H,3,4,5). The molecule has 40 heavy (non-hydrogen) atoms. The summed E-state index contributed by atoms with van der Waals surface area (Å²) in [7, 11) is 0. The molecule has 0 saturated carbocycles. The average molecular weight is 601 g/mol. The van der Waals surface area contributed by atoms with Crippen LogP contribution in [-0.4, -0.2) is 15.2 Å². The number of halogens is 1. The fourth-order valence-electron chi connectivity index (χ4n) is 3.41. The zero-order valence-electron chi connectivity index (χ0n) is 24.9. The Balaban J connectivity index is 0.000000340. The first-order chi connectivity index (χ1) is 18.5. The molecule has 2 aromatic carbocycles. The maximum Gasteiger partial charge on any atom is 0.252 e. The van der Waals surface area contributed by atoms with E-state index in [1.54, 1.807) is 0 Å². The van der Waals surface area contributed by atoms with Crippen molar-refractivity contribution in [1.82, 2.24) is 15.2 Å². The summed E-state index contributed by atoms with van der Waals surface area (Å²) in [4.78, 5) is 10.9. The molecule has 1 N–H and O–H groups in total. The fraction of sp³-hybridized carbons (Fsp3) is 0.438. The van der Waals surface area contributed by atoms with Crippen LogP contribution in [0.4, 0.5) is 0 Å². The topological polar surface area (TPSA) is 97.9 Å². The molecular weight excluding hydrogens is 562 g/mol. The normalized spacial score (nSPS) is 11.2. The van der Waals surface area contributed by atoms with Gasteiger partial charge >= 0.3 is 0 Å². The highest BCUT2D eigenvalue weighted by Crippen LogP contribution is 2.33. The minimum absolute atomic E-state index is 0.515. The van der Waals surface area contributed by atoms with Gasteiger partial charge in [-0.25, -0.2) is 18.1 Å². The number of aryl methyl sites for hydroxylation is 1. The van der Waals surface area contributed by atoms with Gasteiger partial charge in [0.15, 0.2) is 0 Å². The van der Waals surface area contributed by atoms with E-state index in [9.17, 15) is 10.5 Å². The summed E-state index contributed by atoms with van der Waals surface area (Å²) in [6.07, 6.45) is 2.96. The molecule has 0 aliphatic rings. The van der Waals surface area contributed by atoms with E-state index in [4.69, 9.17) is 13.1 Å². The van der Waals surface area contributed by atoms with Crippen molar-refractivity contribution in [3.05, 3.63) is 105 Å². The zero-order valence-corrected chi connectivity index (χ0v) is 26.5. The molecule has 3 rings (SSSR count). The summed E-state index contributed by atoms with van der Waals surface area (Å²) in [5, 5.41) is 25.1. The SMILES string of the molecule is [C-]#[N+]C(C)(C)c1cc(C)cc(C(C)(C)C#N)c1.[C-]#[N+]C(C)(C)c1cc(CBr)cc(C(C)(C)C#N)c1.c1nc[nH]n1. The van der Waals surface area contributed by atoms with Gasteiger partial charge in [-0.15, -0.1) is 0 Å². The van der Waals surface area contributed by atoms with E-state index >= 15 is 0 Å². The van der Waals surface area contributed by atoms with E-state index in [1.165, 1.54) is 12.7 Å². The van der Waals surface area contributed by atoms with Crippen molar-refractivity contribution in [2.24, 2.45) is 0 Å². The number of hydrogen-bond donors (Lipinski definition) is 1. The molecule has 208 valence electrons. The van der Waals surface area contributed by atoms with Gasteiger partial charge in [0, 0.05) is 44.2 Å². The molecule has 7 nitrogen and oxygen atoms in total. The largest absolute Gasteiger partial charge is 0.306 e. The van der Waals surface area contributed by atoms with Gasteiger partial charge in [-0.05, 0) is 75.6 Å². The van der Waals surface area contributed by atoms with Crippen LogP contribution < -0.4 is 0 Å². The van der Waals surface area contributed by atoms with E-state index in [0.29, 0.717) is 0 Å². The van der Waals surface area contributed by atoms with Crippen LogP contribution in [0.25, 0.3) is 9.69 Å². The quantitative estimate of drug-likeness (QED) is 0.235. The summed E-state index contributed by atoms with van der Waals surface area (Å²) in [6, 6.07) is 16.7. The van der Waals surface area contributed by atoms with Crippen LogP contribution in [-0.2, 0) is 27.2 Å². The van der Waals surface area contributed by atoms with E-state index in [1.807, 2.05) is 98.7 Å². The Morgan fingerprint density at radius 2 is 1.20 bits per heavy atom. The van der Waals surface area contributed by atoms with E-state index in [2.05, 4.69) is 52.9 Å². The lowest BCUT2D eigenvalue weighted by atomic mass is 9.82. The highest BCUT2D eigenvalue weighted by molar-refractivity contribution is 9.08. The van der Waals surface area contributed by atoms with E-state index in [-0.39, 0.29) is 0 Å². The molecule has 0 aliphatic heterocycles. The number of rotatable bonds is 5. The molecule has 0 unspecified atom stereocenters. The van der Waals surface area contributed by atoms with Gasteiger partial charge in [0.1, 0.15) is 12.7 Å². The van der Waals surface area contributed by atoms with Crippen LogP contribution in [0.3, 0.4) is 0 Å². The molecule has 0 bridgehead atoms. The molecule has 3 aromatic rings. The molecule has 0 spiro atoms. The first-order valence-electron chi connectivity index (χ1n) is 12.7. The Hall–Kier alpha value is -3.98. The number of nitriles is 2. The average Bonchev–Trinajstić information content (AvgIpc) is 3.53. The maximum atomic E-state index is 9.24. The van der Waals surface area contributed by atoms with Crippen molar-refractivity contribution < 1.29 is 0 Å². The van der Waals surface area contributed by atoms with E-state index < -0.39 is 21.9 Å². The van der Waals surface area contributed by atoms with Crippen LogP contribution in [0, 0.1) is 42.7 Å². The lowest BCUT2D eigenvalue weighted by molar-refractivity contribution is 0.646. The van der Waals surface area contributed by atoms with Crippen molar-refractivity contribution in [2.45, 2.75) is 89.6 Å². The second kappa shape index (κ2) is 13.9. The fourth-order valence-corrected chi connectivity index (χ4v) is 3.73. The predicted molar refractivity (Wildman–Crippen MR) is 163 cm³/mol. The molecule has 0 atom stereocenters. The van der Waals surface area contributed by atoms with Crippen LogP contribution in [0.15, 0.2) is 49.1 Å². The molecule has 0 saturated heterocycles. The molecule has 1 heterocycles. The highest BCUT2D eigenvalue weighted by Gasteiger charge is 2.30.